The van der Waals surface area contributed by atoms with E-state index in [0.717, 1.165) is 5.57 Å². The van der Waals surface area contributed by atoms with E-state index in [2.05, 4.69) is 13.2 Å². The summed E-state index contributed by atoms with van der Waals surface area (Å²) in [6.07, 6.45) is 3.29. The highest BCUT2D eigenvalue weighted by Gasteiger charge is 1.85. The Morgan fingerprint density at radius 3 is 2.00 bits per heavy atom. The number of rotatable bonds is 2. The van der Waals surface area contributed by atoms with Crippen LogP contribution in [0.2, 0.25) is 0 Å². The molecule has 0 nitrogen and oxygen atoms in total. The summed E-state index contributed by atoms with van der Waals surface area (Å²) >= 11 is 5.61. The Kier molecular flexibility index (Phi) is 3.29. The molecule has 1 heteroatoms. The van der Waals surface area contributed by atoms with Crippen LogP contribution in [0.3, 0.4) is 0 Å². The lowest BCUT2D eigenvalue weighted by atomic mass is 10.3. The molecule has 0 spiro atoms. The van der Waals surface area contributed by atoms with Crippen LogP contribution in [0.4, 0.5) is 0 Å². The van der Waals surface area contributed by atoms with Crippen molar-refractivity contribution >= 4 is 11.6 Å². The Labute approximate surface area is 55.2 Å². The van der Waals surface area contributed by atoms with Gasteiger partial charge in [0.1, 0.15) is 0 Å². The first-order valence-corrected chi connectivity index (χ1v) is 2.71. The van der Waals surface area contributed by atoms with Gasteiger partial charge < -0.3 is 0 Å². The zero-order chi connectivity index (χ0) is 6.57. The molecule has 0 amide bonds. The molecule has 0 saturated heterocycles. The van der Waals surface area contributed by atoms with Crippen molar-refractivity contribution in [3.8, 4) is 0 Å². The molecule has 0 aromatic heterocycles. The molecule has 0 rings (SSSR count). The highest BCUT2D eigenvalue weighted by atomic mass is 35.5. The van der Waals surface area contributed by atoms with Crippen LogP contribution in [0.5, 0.6) is 0 Å². The molecule has 0 aromatic rings. The second kappa shape index (κ2) is 3.50. The van der Waals surface area contributed by atoms with Crippen molar-refractivity contribution in [2.45, 2.75) is 6.92 Å². The van der Waals surface area contributed by atoms with Crippen molar-refractivity contribution in [3.63, 3.8) is 0 Å². The Bertz CT molecular complexity index is 115. The van der Waals surface area contributed by atoms with Crippen LogP contribution in [-0.4, -0.2) is 0 Å². The van der Waals surface area contributed by atoms with Gasteiger partial charge in [0.2, 0.25) is 0 Å². The third-order valence-electron chi connectivity index (χ3n) is 0.862. The highest BCUT2D eigenvalue weighted by Crippen LogP contribution is 2.09. The summed E-state index contributed by atoms with van der Waals surface area (Å²) in [5.74, 6) is 0. The molecule has 0 bridgehead atoms. The van der Waals surface area contributed by atoms with Crippen LogP contribution < -0.4 is 0 Å². The lowest BCUT2D eigenvalue weighted by Gasteiger charge is -1.89. The topological polar surface area (TPSA) is 0 Å². The van der Waals surface area contributed by atoms with E-state index in [1.54, 1.807) is 12.2 Å². The molecular weight excluding hydrogens is 120 g/mol. The summed E-state index contributed by atoms with van der Waals surface area (Å²) in [6.45, 7) is 8.92. The first-order chi connectivity index (χ1) is 3.72. The second-order valence-corrected chi connectivity index (χ2v) is 1.85. The Hall–Kier alpha value is -0.490. The average molecular weight is 129 g/mol. The summed E-state index contributed by atoms with van der Waals surface area (Å²) in [5.41, 5.74) is 0.960. The fraction of sp³-hybridized carbons (Fsp3) is 0.143. The number of allylic oxidation sites excluding steroid dienone is 4. The van der Waals surface area contributed by atoms with Gasteiger partial charge in [-0.2, -0.15) is 0 Å². The van der Waals surface area contributed by atoms with Gasteiger partial charge in [0.25, 0.3) is 0 Å². The van der Waals surface area contributed by atoms with Gasteiger partial charge >= 0.3 is 0 Å². The van der Waals surface area contributed by atoms with Gasteiger partial charge in [-0.1, -0.05) is 36.9 Å². The minimum Gasteiger partial charge on any atom is -0.0987 e. The maximum Gasteiger partial charge on any atom is 0.0429 e. The molecule has 0 unspecified atom stereocenters. The quantitative estimate of drug-likeness (QED) is 0.502. The number of hydrogen-bond donors (Lipinski definition) is 0. The molecule has 0 atom stereocenters. The van der Waals surface area contributed by atoms with Crippen molar-refractivity contribution in [1.82, 2.24) is 0 Å². The van der Waals surface area contributed by atoms with Crippen molar-refractivity contribution in [2.75, 3.05) is 0 Å². The summed E-state index contributed by atoms with van der Waals surface area (Å²) < 4.78 is 0. The zero-order valence-corrected chi connectivity index (χ0v) is 5.70. The maximum atomic E-state index is 5.61. The van der Waals surface area contributed by atoms with Crippen LogP contribution >= 0.6 is 11.6 Å². The summed E-state index contributed by atoms with van der Waals surface area (Å²) in [7, 11) is 0. The van der Waals surface area contributed by atoms with Gasteiger partial charge in [0.05, 0.1) is 0 Å². The summed E-state index contributed by atoms with van der Waals surface area (Å²) in [6, 6.07) is 0. The Morgan fingerprint density at radius 2 is 1.88 bits per heavy atom. The Morgan fingerprint density at radius 1 is 1.38 bits per heavy atom. The molecule has 0 aliphatic heterocycles. The predicted octanol–water partition coefficient (Wildman–Crippen LogP) is 2.87. The lowest BCUT2D eigenvalue weighted by Crippen LogP contribution is -1.68. The van der Waals surface area contributed by atoms with Gasteiger partial charge in [-0.05, 0) is 12.5 Å². The number of halogens is 1. The van der Waals surface area contributed by atoms with Crippen LogP contribution in [0.1, 0.15) is 6.92 Å². The second-order valence-electron chi connectivity index (χ2n) is 1.44. The normalized spacial score (nSPS) is 12.2. The summed E-state index contributed by atoms with van der Waals surface area (Å²) in [5, 5.41) is 0.667. The first kappa shape index (κ1) is 7.51. The van der Waals surface area contributed by atoms with Crippen LogP contribution in [0.25, 0.3) is 0 Å². The van der Waals surface area contributed by atoms with Gasteiger partial charge in [0, 0.05) is 5.03 Å². The van der Waals surface area contributed by atoms with E-state index in [1.807, 2.05) is 6.92 Å². The molecular formula is C7H9Cl. The van der Waals surface area contributed by atoms with E-state index in [-0.39, 0.29) is 0 Å². The molecule has 0 aromatic carbocycles. The highest BCUT2D eigenvalue weighted by molar-refractivity contribution is 6.31. The number of hydrogen-bond acceptors (Lipinski definition) is 0. The average Bonchev–Trinajstić information content (AvgIpc) is 1.84. The van der Waals surface area contributed by atoms with E-state index < -0.39 is 0 Å². The third kappa shape index (κ3) is 1.99. The SMILES string of the molecule is C=CC(C)=C(Cl)C=C. The van der Waals surface area contributed by atoms with E-state index in [4.69, 9.17) is 11.6 Å². The molecule has 0 fully saturated rings. The minimum absolute atomic E-state index is 0.667. The smallest absolute Gasteiger partial charge is 0.0429 e. The van der Waals surface area contributed by atoms with Crippen molar-refractivity contribution in [3.05, 3.63) is 35.9 Å². The third-order valence-corrected chi connectivity index (χ3v) is 1.31. The molecule has 0 aliphatic rings. The van der Waals surface area contributed by atoms with Crippen LogP contribution in [0.15, 0.2) is 35.9 Å². The monoisotopic (exact) mass is 128 g/mol. The Balaban J connectivity index is 4.25. The van der Waals surface area contributed by atoms with Crippen molar-refractivity contribution < 1.29 is 0 Å². The fourth-order valence-electron chi connectivity index (χ4n) is 0.258. The zero-order valence-electron chi connectivity index (χ0n) is 4.95. The van der Waals surface area contributed by atoms with Gasteiger partial charge in [0.15, 0.2) is 0 Å². The molecule has 44 valence electrons. The maximum absolute atomic E-state index is 5.61. The van der Waals surface area contributed by atoms with Crippen molar-refractivity contribution in [2.24, 2.45) is 0 Å². The van der Waals surface area contributed by atoms with E-state index in [9.17, 15) is 0 Å². The van der Waals surface area contributed by atoms with E-state index >= 15 is 0 Å². The summed E-state index contributed by atoms with van der Waals surface area (Å²) in [4.78, 5) is 0. The molecule has 0 aliphatic carbocycles. The minimum atomic E-state index is 0.667. The predicted molar refractivity (Wildman–Crippen MR) is 38.9 cm³/mol. The molecule has 0 saturated carbocycles. The molecule has 0 heterocycles. The van der Waals surface area contributed by atoms with Crippen molar-refractivity contribution in [1.29, 1.82) is 0 Å². The van der Waals surface area contributed by atoms with Gasteiger partial charge in [-0.25, -0.2) is 0 Å². The first-order valence-electron chi connectivity index (χ1n) is 2.33. The molecule has 0 N–H and O–H groups in total. The van der Waals surface area contributed by atoms with Gasteiger partial charge in [-0.15, -0.1) is 0 Å². The van der Waals surface area contributed by atoms with E-state index in [1.165, 1.54) is 0 Å². The van der Waals surface area contributed by atoms with Crippen LogP contribution in [0, 0.1) is 0 Å². The molecule has 8 heavy (non-hydrogen) atoms. The lowest BCUT2D eigenvalue weighted by molar-refractivity contribution is 1.51. The van der Waals surface area contributed by atoms with Gasteiger partial charge in [-0.3, -0.25) is 0 Å². The largest absolute Gasteiger partial charge is 0.0987 e. The van der Waals surface area contributed by atoms with Crippen LogP contribution in [-0.2, 0) is 0 Å². The standard InChI is InChI=1S/C7H9Cl/c1-4-6(3)7(8)5-2/h4-5H,1-2H2,3H3. The molecule has 0 radical (unpaired) electrons. The fourth-order valence-corrected chi connectivity index (χ4v) is 0.336. The van der Waals surface area contributed by atoms with E-state index in [0.29, 0.717) is 5.03 Å².